The summed E-state index contributed by atoms with van der Waals surface area (Å²) in [5.41, 5.74) is 1.81. The van der Waals surface area contributed by atoms with Gasteiger partial charge in [-0.15, -0.1) is 11.6 Å². The Balaban J connectivity index is 1.83. The summed E-state index contributed by atoms with van der Waals surface area (Å²) >= 11 is 5.95. The summed E-state index contributed by atoms with van der Waals surface area (Å²) in [6.07, 6.45) is 4.43. The molecule has 2 aliphatic rings. The van der Waals surface area contributed by atoms with Gasteiger partial charge in [-0.2, -0.15) is 0 Å². The molecule has 1 aromatic heterocycles. The Bertz CT molecular complexity index is 669. The molecular formula is C16H19ClFN3. The maximum absolute atomic E-state index is 13.5. The van der Waals surface area contributed by atoms with Crippen molar-refractivity contribution >= 4 is 22.6 Å². The van der Waals surface area contributed by atoms with Crippen LogP contribution in [0.1, 0.15) is 31.1 Å². The van der Waals surface area contributed by atoms with Crippen LogP contribution in [0.25, 0.3) is 11.0 Å². The maximum Gasteiger partial charge on any atom is 0.125 e. The van der Waals surface area contributed by atoms with Gasteiger partial charge in [0.2, 0.25) is 0 Å². The third kappa shape index (κ3) is 2.16. The van der Waals surface area contributed by atoms with Gasteiger partial charge in [0.25, 0.3) is 0 Å². The number of fused-ring (bicyclic) bond motifs is 2. The molecule has 2 atom stereocenters. The second kappa shape index (κ2) is 5.25. The van der Waals surface area contributed by atoms with E-state index in [2.05, 4.69) is 14.5 Å². The zero-order chi connectivity index (χ0) is 14.4. The fourth-order valence-corrected chi connectivity index (χ4v) is 4.28. The molecule has 0 radical (unpaired) electrons. The van der Waals surface area contributed by atoms with Crippen LogP contribution in [-0.2, 0) is 6.42 Å². The molecule has 5 heteroatoms. The van der Waals surface area contributed by atoms with E-state index in [4.69, 9.17) is 11.6 Å². The molecule has 2 unspecified atom stereocenters. The largest absolute Gasteiger partial charge is 0.323 e. The van der Waals surface area contributed by atoms with Crippen molar-refractivity contribution in [3.05, 3.63) is 29.8 Å². The van der Waals surface area contributed by atoms with Crippen molar-refractivity contribution in [2.45, 2.75) is 37.8 Å². The number of alkyl halides is 1. The lowest BCUT2D eigenvalue weighted by Crippen LogP contribution is -2.28. The summed E-state index contributed by atoms with van der Waals surface area (Å²) in [4.78, 5) is 7.23. The molecule has 2 fully saturated rings. The van der Waals surface area contributed by atoms with Gasteiger partial charge in [-0.1, -0.05) is 0 Å². The van der Waals surface area contributed by atoms with E-state index in [-0.39, 0.29) is 5.82 Å². The first-order valence-electron chi connectivity index (χ1n) is 7.74. The normalized spacial score (nSPS) is 25.8. The zero-order valence-electron chi connectivity index (χ0n) is 11.9. The SMILES string of the molecule is Fc1ccc2c(c1)nc(CCCl)n2C1CCN2CCCC12. The van der Waals surface area contributed by atoms with Gasteiger partial charge < -0.3 is 4.57 Å². The van der Waals surface area contributed by atoms with Crippen molar-refractivity contribution in [3.63, 3.8) is 0 Å². The molecule has 0 N–H and O–H groups in total. The lowest BCUT2D eigenvalue weighted by atomic mass is 10.1. The topological polar surface area (TPSA) is 21.1 Å². The highest BCUT2D eigenvalue weighted by molar-refractivity contribution is 6.17. The minimum Gasteiger partial charge on any atom is -0.323 e. The molecule has 2 aromatic rings. The molecule has 3 heterocycles. The van der Waals surface area contributed by atoms with Crippen molar-refractivity contribution in [2.75, 3.05) is 19.0 Å². The Morgan fingerprint density at radius 2 is 2.14 bits per heavy atom. The molecule has 3 nitrogen and oxygen atoms in total. The van der Waals surface area contributed by atoms with Crippen LogP contribution in [0.4, 0.5) is 4.39 Å². The highest BCUT2D eigenvalue weighted by Gasteiger charge is 2.39. The molecule has 0 spiro atoms. The van der Waals surface area contributed by atoms with Crippen LogP contribution in [0, 0.1) is 5.82 Å². The molecule has 2 aliphatic heterocycles. The monoisotopic (exact) mass is 307 g/mol. The molecule has 112 valence electrons. The number of nitrogens with zero attached hydrogens (tertiary/aromatic N) is 3. The van der Waals surface area contributed by atoms with Gasteiger partial charge >= 0.3 is 0 Å². The van der Waals surface area contributed by atoms with E-state index in [0.717, 1.165) is 36.2 Å². The first-order chi connectivity index (χ1) is 10.3. The Kier molecular flexibility index (Phi) is 3.38. The number of hydrogen-bond acceptors (Lipinski definition) is 2. The highest BCUT2D eigenvalue weighted by Crippen LogP contribution is 2.38. The summed E-state index contributed by atoms with van der Waals surface area (Å²) in [5, 5.41) is 0. The molecule has 0 amide bonds. The van der Waals surface area contributed by atoms with Gasteiger partial charge in [-0.25, -0.2) is 9.37 Å². The smallest absolute Gasteiger partial charge is 0.125 e. The standard InChI is InChI=1S/C16H19ClFN3/c17-7-5-16-19-12-10-11(18)3-4-13(12)21(16)15-6-9-20-8-1-2-14(15)20/h3-4,10,14-15H,1-2,5-9H2. The van der Waals surface area contributed by atoms with Crippen LogP contribution in [-0.4, -0.2) is 39.5 Å². The second-order valence-electron chi connectivity index (χ2n) is 6.07. The van der Waals surface area contributed by atoms with E-state index >= 15 is 0 Å². The Morgan fingerprint density at radius 1 is 1.24 bits per heavy atom. The van der Waals surface area contributed by atoms with Gasteiger partial charge in [0.05, 0.1) is 17.1 Å². The van der Waals surface area contributed by atoms with Crippen LogP contribution in [0.2, 0.25) is 0 Å². The highest BCUT2D eigenvalue weighted by atomic mass is 35.5. The fourth-order valence-electron chi connectivity index (χ4n) is 4.11. The average molecular weight is 308 g/mol. The molecule has 2 saturated heterocycles. The summed E-state index contributed by atoms with van der Waals surface area (Å²) in [5.74, 6) is 1.33. The molecule has 0 aliphatic carbocycles. The summed E-state index contributed by atoms with van der Waals surface area (Å²) in [6.45, 7) is 2.38. The zero-order valence-corrected chi connectivity index (χ0v) is 12.7. The predicted molar refractivity (Wildman–Crippen MR) is 82.4 cm³/mol. The summed E-state index contributed by atoms with van der Waals surface area (Å²) in [6, 6.07) is 6.01. The van der Waals surface area contributed by atoms with Gasteiger partial charge in [0.1, 0.15) is 11.6 Å². The minimum absolute atomic E-state index is 0.224. The first kappa shape index (κ1) is 13.5. The third-order valence-corrected chi connectivity index (χ3v) is 5.13. The molecule has 21 heavy (non-hydrogen) atoms. The first-order valence-corrected chi connectivity index (χ1v) is 8.28. The van der Waals surface area contributed by atoms with E-state index in [0.29, 0.717) is 18.0 Å². The van der Waals surface area contributed by atoms with Crippen molar-refractivity contribution in [1.82, 2.24) is 14.5 Å². The van der Waals surface area contributed by atoms with Crippen molar-refractivity contribution < 1.29 is 4.39 Å². The molecule has 1 aromatic carbocycles. The van der Waals surface area contributed by atoms with Crippen LogP contribution >= 0.6 is 11.6 Å². The van der Waals surface area contributed by atoms with E-state index < -0.39 is 0 Å². The Labute approximate surface area is 128 Å². The number of halogens is 2. The van der Waals surface area contributed by atoms with Gasteiger partial charge in [-0.3, -0.25) is 4.90 Å². The maximum atomic E-state index is 13.5. The molecule has 0 bridgehead atoms. The quantitative estimate of drug-likeness (QED) is 0.811. The van der Waals surface area contributed by atoms with Crippen molar-refractivity contribution in [3.8, 4) is 0 Å². The Hall–Kier alpha value is -1.13. The lowest BCUT2D eigenvalue weighted by Gasteiger charge is -2.23. The van der Waals surface area contributed by atoms with Crippen LogP contribution in [0.3, 0.4) is 0 Å². The number of benzene rings is 1. The van der Waals surface area contributed by atoms with Crippen molar-refractivity contribution in [2.24, 2.45) is 0 Å². The van der Waals surface area contributed by atoms with E-state index in [9.17, 15) is 4.39 Å². The van der Waals surface area contributed by atoms with Gasteiger partial charge in [-0.05, 0) is 37.9 Å². The van der Waals surface area contributed by atoms with Gasteiger partial charge in [0, 0.05) is 31.0 Å². The number of aryl methyl sites for hydroxylation is 1. The van der Waals surface area contributed by atoms with E-state index in [1.165, 1.54) is 31.5 Å². The van der Waals surface area contributed by atoms with Gasteiger partial charge in [0.15, 0.2) is 0 Å². The lowest BCUT2D eigenvalue weighted by molar-refractivity contribution is 0.290. The summed E-state index contributed by atoms with van der Waals surface area (Å²) in [7, 11) is 0. The Morgan fingerprint density at radius 3 is 3.00 bits per heavy atom. The molecule has 4 rings (SSSR count). The number of rotatable bonds is 3. The second-order valence-corrected chi connectivity index (χ2v) is 6.45. The molecular weight excluding hydrogens is 289 g/mol. The number of imidazole rings is 1. The fraction of sp³-hybridized carbons (Fsp3) is 0.562. The van der Waals surface area contributed by atoms with Crippen LogP contribution < -0.4 is 0 Å². The van der Waals surface area contributed by atoms with E-state index in [1.54, 1.807) is 0 Å². The average Bonchev–Trinajstić information content (AvgIpc) is 3.12. The van der Waals surface area contributed by atoms with E-state index in [1.807, 2.05) is 6.07 Å². The minimum atomic E-state index is -0.224. The van der Waals surface area contributed by atoms with Crippen LogP contribution in [0.5, 0.6) is 0 Å². The van der Waals surface area contributed by atoms with Crippen LogP contribution in [0.15, 0.2) is 18.2 Å². The predicted octanol–water partition coefficient (Wildman–Crippen LogP) is 3.37. The van der Waals surface area contributed by atoms with Crippen molar-refractivity contribution in [1.29, 1.82) is 0 Å². The molecule has 0 saturated carbocycles. The number of aromatic nitrogens is 2. The summed E-state index contributed by atoms with van der Waals surface area (Å²) < 4.78 is 15.8. The third-order valence-electron chi connectivity index (χ3n) is 4.94. The number of hydrogen-bond donors (Lipinski definition) is 0.